The lowest BCUT2D eigenvalue weighted by Crippen LogP contribution is -2.12. The van der Waals surface area contributed by atoms with Crippen LogP contribution < -0.4 is 10.1 Å². The minimum atomic E-state index is -0.329. The number of rotatable bonds is 4. The van der Waals surface area contributed by atoms with E-state index < -0.39 is 0 Å². The molecule has 2 aromatic rings. The summed E-state index contributed by atoms with van der Waals surface area (Å²) in [5.74, 6) is -0.309. The van der Waals surface area contributed by atoms with Crippen molar-refractivity contribution in [1.29, 1.82) is 0 Å². The van der Waals surface area contributed by atoms with Gasteiger partial charge in [0.2, 0.25) is 0 Å². The second-order valence-corrected chi connectivity index (χ2v) is 5.92. The molecule has 0 bridgehead atoms. The highest BCUT2D eigenvalue weighted by Crippen LogP contribution is 2.35. The summed E-state index contributed by atoms with van der Waals surface area (Å²) in [5, 5.41) is 12.7. The molecule has 0 aliphatic heterocycles. The number of halogens is 2. The van der Waals surface area contributed by atoms with Crippen LogP contribution in [0.2, 0.25) is 5.02 Å². The van der Waals surface area contributed by atoms with Gasteiger partial charge in [0.15, 0.2) is 11.5 Å². The Kier molecular flexibility index (Phi) is 5.32. The summed E-state index contributed by atoms with van der Waals surface area (Å²) in [7, 11) is 0. The van der Waals surface area contributed by atoms with Gasteiger partial charge in [0.05, 0.1) is 11.6 Å². The third kappa shape index (κ3) is 3.72. The smallest absolute Gasteiger partial charge is 0.255 e. The molecular formula is C16H15BrClNO3. The second-order valence-electron chi connectivity index (χ2n) is 4.66. The van der Waals surface area contributed by atoms with Crippen LogP contribution in [0.4, 0.5) is 5.69 Å². The van der Waals surface area contributed by atoms with Gasteiger partial charge in [-0.2, -0.15) is 0 Å². The fraction of sp³-hybridized carbons (Fsp3) is 0.188. The average Bonchev–Trinajstić information content (AvgIpc) is 2.47. The van der Waals surface area contributed by atoms with Crippen LogP contribution in [0.1, 0.15) is 22.8 Å². The van der Waals surface area contributed by atoms with E-state index in [1.807, 2.05) is 19.1 Å². The standard InChI is InChI=1S/C16H15BrClNO3/c1-3-22-14-8-10(7-13(18)15(14)20)16(21)19-11-4-5-12(17)9(2)6-11/h4-8,20H,3H2,1-2H3,(H,19,21). The third-order valence-electron chi connectivity index (χ3n) is 3.01. The summed E-state index contributed by atoms with van der Waals surface area (Å²) in [6.45, 7) is 4.08. The van der Waals surface area contributed by atoms with Gasteiger partial charge in [-0.15, -0.1) is 0 Å². The Morgan fingerprint density at radius 3 is 2.73 bits per heavy atom. The minimum absolute atomic E-state index is 0.0723. The van der Waals surface area contributed by atoms with Crippen molar-refractivity contribution >= 4 is 39.1 Å². The van der Waals surface area contributed by atoms with Crippen molar-refractivity contribution in [3.8, 4) is 11.5 Å². The molecule has 2 aromatic carbocycles. The molecule has 2 N–H and O–H groups in total. The van der Waals surface area contributed by atoms with E-state index in [1.54, 1.807) is 13.0 Å². The first-order valence-electron chi connectivity index (χ1n) is 6.65. The van der Waals surface area contributed by atoms with Crippen LogP contribution in [-0.2, 0) is 0 Å². The summed E-state index contributed by atoms with van der Waals surface area (Å²) < 4.78 is 6.24. The summed E-state index contributed by atoms with van der Waals surface area (Å²) in [4.78, 5) is 12.3. The molecule has 116 valence electrons. The molecule has 0 aliphatic carbocycles. The number of ether oxygens (including phenoxy) is 1. The number of nitrogens with one attached hydrogen (secondary N) is 1. The number of carbonyl (C=O) groups excluding carboxylic acids is 1. The molecule has 0 aromatic heterocycles. The zero-order valence-electron chi connectivity index (χ0n) is 12.1. The summed E-state index contributed by atoms with van der Waals surface area (Å²) in [6.07, 6.45) is 0. The van der Waals surface area contributed by atoms with Gasteiger partial charge in [0.25, 0.3) is 5.91 Å². The molecule has 4 nitrogen and oxygen atoms in total. The van der Waals surface area contributed by atoms with E-state index in [-0.39, 0.29) is 22.4 Å². The van der Waals surface area contributed by atoms with E-state index >= 15 is 0 Å². The largest absolute Gasteiger partial charge is 0.503 e. The number of hydrogen-bond donors (Lipinski definition) is 2. The van der Waals surface area contributed by atoms with Crippen LogP contribution in [0.25, 0.3) is 0 Å². The maximum Gasteiger partial charge on any atom is 0.255 e. The van der Waals surface area contributed by atoms with Gasteiger partial charge in [-0.1, -0.05) is 27.5 Å². The zero-order valence-corrected chi connectivity index (χ0v) is 14.5. The number of anilines is 1. The predicted octanol–water partition coefficient (Wildman–Crippen LogP) is 4.77. The number of aryl methyl sites for hydroxylation is 1. The van der Waals surface area contributed by atoms with Crippen molar-refractivity contribution in [3.63, 3.8) is 0 Å². The molecule has 0 saturated carbocycles. The topological polar surface area (TPSA) is 58.6 Å². The van der Waals surface area contributed by atoms with Crippen LogP contribution in [-0.4, -0.2) is 17.6 Å². The highest BCUT2D eigenvalue weighted by Gasteiger charge is 2.14. The molecule has 1 amide bonds. The van der Waals surface area contributed by atoms with Crippen molar-refractivity contribution in [1.82, 2.24) is 0 Å². The summed E-state index contributed by atoms with van der Waals surface area (Å²) in [6, 6.07) is 8.38. The van der Waals surface area contributed by atoms with Gasteiger partial charge in [0, 0.05) is 15.7 Å². The Morgan fingerprint density at radius 2 is 2.09 bits per heavy atom. The molecule has 0 unspecified atom stereocenters. The third-order valence-corrected chi connectivity index (χ3v) is 4.18. The Bertz CT molecular complexity index is 719. The van der Waals surface area contributed by atoms with E-state index in [2.05, 4.69) is 21.2 Å². The SMILES string of the molecule is CCOc1cc(C(=O)Nc2ccc(Br)c(C)c2)cc(Cl)c1O. The first kappa shape index (κ1) is 16.6. The number of hydrogen-bond acceptors (Lipinski definition) is 3. The van der Waals surface area contributed by atoms with Crippen LogP contribution in [0.5, 0.6) is 11.5 Å². The van der Waals surface area contributed by atoms with Gasteiger partial charge < -0.3 is 15.2 Å². The Morgan fingerprint density at radius 1 is 1.36 bits per heavy atom. The van der Waals surface area contributed by atoms with Gasteiger partial charge in [0.1, 0.15) is 0 Å². The number of phenolic OH excluding ortho intramolecular Hbond substituents is 1. The van der Waals surface area contributed by atoms with Gasteiger partial charge in [-0.05, 0) is 49.7 Å². The average molecular weight is 385 g/mol. The first-order valence-corrected chi connectivity index (χ1v) is 7.82. The molecule has 6 heteroatoms. The minimum Gasteiger partial charge on any atom is -0.503 e. The van der Waals surface area contributed by atoms with Crippen LogP contribution in [0.15, 0.2) is 34.8 Å². The lowest BCUT2D eigenvalue weighted by Gasteiger charge is -2.11. The van der Waals surface area contributed by atoms with Crippen molar-refractivity contribution in [3.05, 3.63) is 51.0 Å². The van der Waals surface area contributed by atoms with E-state index in [1.165, 1.54) is 12.1 Å². The lowest BCUT2D eigenvalue weighted by atomic mass is 10.1. The molecule has 22 heavy (non-hydrogen) atoms. The van der Waals surface area contributed by atoms with E-state index in [4.69, 9.17) is 16.3 Å². The number of aromatic hydroxyl groups is 1. The molecule has 0 atom stereocenters. The Hall–Kier alpha value is -1.72. The maximum atomic E-state index is 12.3. The number of amides is 1. The van der Waals surface area contributed by atoms with Crippen LogP contribution >= 0.6 is 27.5 Å². The first-order chi connectivity index (χ1) is 10.4. The van der Waals surface area contributed by atoms with Crippen molar-refractivity contribution in [2.45, 2.75) is 13.8 Å². The summed E-state index contributed by atoms with van der Waals surface area (Å²) >= 11 is 9.34. The van der Waals surface area contributed by atoms with Crippen molar-refractivity contribution < 1.29 is 14.6 Å². The molecule has 0 spiro atoms. The van der Waals surface area contributed by atoms with E-state index in [0.717, 1.165) is 10.0 Å². The molecule has 0 aliphatic rings. The Labute approximate surface area is 142 Å². The molecule has 0 heterocycles. The summed E-state index contributed by atoms with van der Waals surface area (Å²) in [5.41, 5.74) is 2.00. The highest BCUT2D eigenvalue weighted by atomic mass is 79.9. The van der Waals surface area contributed by atoms with Crippen LogP contribution in [0.3, 0.4) is 0 Å². The van der Waals surface area contributed by atoms with Crippen molar-refractivity contribution in [2.24, 2.45) is 0 Å². The monoisotopic (exact) mass is 383 g/mol. The number of carbonyl (C=O) groups is 1. The molecule has 0 saturated heterocycles. The van der Waals surface area contributed by atoms with Gasteiger partial charge >= 0.3 is 0 Å². The predicted molar refractivity (Wildman–Crippen MR) is 91.1 cm³/mol. The quantitative estimate of drug-likeness (QED) is 0.798. The Balaban J connectivity index is 2.27. The normalized spacial score (nSPS) is 10.4. The molecule has 2 rings (SSSR count). The van der Waals surface area contributed by atoms with Crippen molar-refractivity contribution in [2.75, 3.05) is 11.9 Å². The lowest BCUT2D eigenvalue weighted by molar-refractivity contribution is 0.102. The zero-order chi connectivity index (χ0) is 16.3. The fourth-order valence-electron chi connectivity index (χ4n) is 1.90. The van der Waals surface area contributed by atoms with E-state index in [9.17, 15) is 9.90 Å². The second kappa shape index (κ2) is 7.03. The molecule has 0 radical (unpaired) electrons. The number of benzene rings is 2. The maximum absolute atomic E-state index is 12.3. The number of phenols is 1. The van der Waals surface area contributed by atoms with Gasteiger partial charge in [-0.3, -0.25) is 4.79 Å². The fourth-order valence-corrected chi connectivity index (χ4v) is 2.35. The molecule has 0 fully saturated rings. The highest BCUT2D eigenvalue weighted by molar-refractivity contribution is 9.10. The van der Waals surface area contributed by atoms with Crippen LogP contribution in [0, 0.1) is 6.92 Å². The van der Waals surface area contributed by atoms with Gasteiger partial charge in [-0.25, -0.2) is 0 Å². The molecular weight excluding hydrogens is 370 g/mol. The van der Waals surface area contributed by atoms with E-state index in [0.29, 0.717) is 17.9 Å².